The Morgan fingerprint density at radius 3 is 1.73 bits per heavy atom. The van der Waals surface area contributed by atoms with E-state index in [-0.39, 0.29) is 0 Å². The van der Waals surface area contributed by atoms with Gasteiger partial charge in [-0.15, -0.1) is 0 Å². The van der Waals surface area contributed by atoms with E-state index in [0.717, 1.165) is 46.6 Å². The predicted molar refractivity (Wildman–Crippen MR) is 219 cm³/mol. The number of rotatable bonds is 6. The molecule has 2 heteroatoms. The number of hydrogen-bond acceptors (Lipinski definition) is 2. The van der Waals surface area contributed by atoms with Crippen molar-refractivity contribution in [1.82, 2.24) is 0 Å². The summed E-state index contributed by atoms with van der Waals surface area (Å²) in [6, 6.07) is 65.4. The van der Waals surface area contributed by atoms with Crippen molar-refractivity contribution in [3.05, 3.63) is 199 Å². The van der Waals surface area contributed by atoms with E-state index in [2.05, 4.69) is 193 Å². The normalized spacial score (nSPS) is 12.6. The Bertz CT molecular complexity index is 2760. The summed E-state index contributed by atoms with van der Waals surface area (Å²) < 4.78 is 6.74. The van der Waals surface area contributed by atoms with E-state index in [1.54, 1.807) is 0 Å². The Morgan fingerprint density at radius 1 is 0.404 bits per heavy atom. The monoisotopic (exact) mass is 665 g/mol. The number of anilines is 3. The molecular formula is C50H35NO. The van der Waals surface area contributed by atoms with Crippen molar-refractivity contribution >= 4 is 61.2 Å². The molecule has 1 aliphatic carbocycles. The van der Waals surface area contributed by atoms with Gasteiger partial charge in [0.15, 0.2) is 0 Å². The molecule has 8 aromatic carbocycles. The van der Waals surface area contributed by atoms with E-state index in [1.165, 1.54) is 60.5 Å². The van der Waals surface area contributed by atoms with Crippen molar-refractivity contribution in [2.45, 2.75) is 12.8 Å². The maximum absolute atomic E-state index is 6.74. The molecule has 10 rings (SSSR count). The third-order valence-corrected chi connectivity index (χ3v) is 10.6. The quantitative estimate of drug-likeness (QED) is 0.176. The molecule has 2 nitrogen and oxygen atoms in total. The van der Waals surface area contributed by atoms with Crippen LogP contribution >= 0.6 is 0 Å². The van der Waals surface area contributed by atoms with Gasteiger partial charge in [-0.05, 0) is 117 Å². The molecule has 0 aliphatic heterocycles. The van der Waals surface area contributed by atoms with E-state index in [4.69, 9.17) is 4.42 Å². The van der Waals surface area contributed by atoms with E-state index >= 15 is 0 Å². The third-order valence-electron chi connectivity index (χ3n) is 10.6. The van der Waals surface area contributed by atoms with Gasteiger partial charge in [0.2, 0.25) is 0 Å². The SMILES string of the molecule is C1=C(c2ccc3ccccc3c2)CCc2c1oc1c2cc(-c2ccc(N(c3ccccc3)c3ccc(-c4ccccc4)cc3)cc2)c2ccccc21. The van der Waals surface area contributed by atoms with Gasteiger partial charge in [-0.3, -0.25) is 0 Å². The molecule has 52 heavy (non-hydrogen) atoms. The first-order valence-electron chi connectivity index (χ1n) is 18.0. The maximum atomic E-state index is 6.74. The Kier molecular flexibility index (Phi) is 7.32. The van der Waals surface area contributed by atoms with Gasteiger partial charge in [-0.25, -0.2) is 0 Å². The maximum Gasteiger partial charge on any atom is 0.142 e. The van der Waals surface area contributed by atoms with Gasteiger partial charge in [0, 0.05) is 33.4 Å². The average Bonchev–Trinajstić information content (AvgIpc) is 3.60. The van der Waals surface area contributed by atoms with Crippen molar-refractivity contribution in [2.75, 3.05) is 4.90 Å². The molecule has 0 amide bonds. The fourth-order valence-electron chi connectivity index (χ4n) is 7.96. The minimum atomic E-state index is 0.951. The zero-order chi connectivity index (χ0) is 34.4. The van der Waals surface area contributed by atoms with Gasteiger partial charge >= 0.3 is 0 Å². The van der Waals surface area contributed by atoms with E-state index < -0.39 is 0 Å². The van der Waals surface area contributed by atoms with E-state index in [0.29, 0.717) is 0 Å². The second-order valence-corrected chi connectivity index (χ2v) is 13.7. The van der Waals surface area contributed by atoms with E-state index in [1.807, 2.05) is 0 Å². The van der Waals surface area contributed by atoms with Crippen LogP contribution in [-0.2, 0) is 6.42 Å². The van der Waals surface area contributed by atoms with Crippen LogP contribution in [-0.4, -0.2) is 0 Å². The summed E-state index contributed by atoms with van der Waals surface area (Å²) >= 11 is 0. The fourth-order valence-corrected chi connectivity index (χ4v) is 7.96. The van der Waals surface area contributed by atoms with Gasteiger partial charge < -0.3 is 9.32 Å². The van der Waals surface area contributed by atoms with Crippen LogP contribution in [0.3, 0.4) is 0 Å². The number of aryl methyl sites for hydroxylation is 1. The molecule has 0 N–H and O–H groups in total. The Balaban J connectivity index is 1.04. The van der Waals surface area contributed by atoms with Gasteiger partial charge in [0.05, 0.1) is 0 Å². The highest BCUT2D eigenvalue weighted by Crippen LogP contribution is 2.44. The van der Waals surface area contributed by atoms with Crippen LogP contribution in [0.15, 0.2) is 186 Å². The molecule has 246 valence electrons. The first-order valence-corrected chi connectivity index (χ1v) is 18.0. The van der Waals surface area contributed by atoms with Crippen LogP contribution in [0, 0.1) is 0 Å². The molecule has 1 aliphatic rings. The number of allylic oxidation sites excluding steroid dienone is 1. The molecular weight excluding hydrogens is 631 g/mol. The van der Waals surface area contributed by atoms with Crippen LogP contribution in [0.25, 0.3) is 66.4 Å². The molecule has 1 heterocycles. The van der Waals surface area contributed by atoms with Gasteiger partial charge in [0.25, 0.3) is 0 Å². The van der Waals surface area contributed by atoms with E-state index in [9.17, 15) is 0 Å². The summed E-state index contributed by atoms with van der Waals surface area (Å²) in [4.78, 5) is 2.33. The lowest BCUT2D eigenvalue weighted by Crippen LogP contribution is -2.09. The number of fused-ring (bicyclic) bond motifs is 6. The molecule has 1 aromatic heterocycles. The largest absolute Gasteiger partial charge is 0.456 e. The van der Waals surface area contributed by atoms with Crippen molar-refractivity contribution < 1.29 is 4.42 Å². The molecule has 9 aromatic rings. The topological polar surface area (TPSA) is 16.4 Å². The molecule has 0 radical (unpaired) electrons. The second kappa shape index (κ2) is 12.6. The number of nitrogens with zero attached hydrogens (tertiary/aromatic N) is 1. The summed E-state index contributed by atoms with van der Waals surface area (Å²) in [6.45, 7) is 0. The summed E-state index contributed by atoms with van der Waals surface area (Å²) in [5, 5.41) is 6.10. The number of para-hydroxylation sites is 1. The van der Waals surface area contributed by atoms with Crippen molar-refractivity contribution in [1.29, 1.82) is 0 Å². The summed E-state index contributed by atoms with van der Waals surface area (Å²) in [5.74, 6) is 0.985. The first-order chi connectivity index (χ1) is 25.8. The van der Waals surface area contributed by atoms with Crippen LogP contribution in [0.5, 0.6) is 0 Å². The smallest absolute Gasteiger partial charge is 0.142 e. The highest BCUT2D eigenvalue weighted by Gasteiger charge is 2.22. The van der Waals surface area contributed by atoms with Gasteiger partial charge in [0.1, 0.15) is 11.3 Å². The van der Waals surface area contributed by atoms with Gasteiger partial charge in [-0.2, -0.15) is 0 Å². The lowest BCUT2D eigenvalue weighted by Gasteiger charge is -2.26. The van der Waals surface area contributed by atoms with Crippen LogP contribution in [0.4, 0.5) is 17.1 Å². The summed E-state index contributed by atoms with van der Waals surface area (Å²) in [6.07, 6.45) is 4.21. The summed E-state index contributed by atoms with van der Waals surface area (Å²) in [5.41, 5.74) is 13.1. The summed E-state index contributed by atoms with van der Waals surface area (Å²) in [7, 11) is 0. The average molecular weight is 666 g/mol. The zero-order valence-electron chi connectivity index (χ0n) is 28.7. The lowest BCUT2D eigenvalue weighted by molar-refractivity contribution is 0.599. The van der Waals surface area contributed by atoms with Crippen LogP contribution < -0.4 is 4.90 Å². The minimum absolute atomic E-state index is 0.951. The Morgan fingerprint density at radius 2 is 0.981 bits per heavy atom. The molecule has 0 unspecified atom stereocenters. The fraction of sp³-hybridized carbons (Fsp3) is 0.0400. The highest BCUT2D eigenvalue weighted by molar-refractivity contribution is 6.13. The standard InChI is InChI=1S/C50H35NO/c1-3-11-34(12-4-1)36-21-26-42(27-22-36)51(41-15-5-2-6-16-41)43-28-23-37(24-29-43)47-33-48-45-30-25-40(39-20-19-35-13-7-8-14-38(35)31-39)32-49(45)52-50(48)46-18-10-9-17-44(46)47/h1-24,26-29,31-33H,25,30H2. The first kappa shape index (κ1) is 30.2. The number of furan rings is 1. The molecule has 0 bridgehead atoms. The van der Waals surface area contributed by atoms with Crippen LogP contribution in [0.2, 0.25) is 0 Å². The predicted octanol–water partition coefficient (Wildman–Crippen LogP) is 14.0. The number of benzene rings is 8. The highest BCUT2D eigenvalue weighted by atomic mass is 16.3. The van der Waals surface area contributed by atoms with Crippen LogP contribution in [0.1, 0.15) is 23.3 Å². The Labute approximate surface area is 303 Å². The van der Waals surface area contributed by atoms with Crippen molar-refractivity contribution in [2.24, 2.45) is 0 Å². The molecule has 0 saturated heterocycles. The zero-order valence-corrected chi connectivity index (χ0v) is 28.7. The van der Waals surface area contributed by atoms with Gasteiger partial charge in [-0.1, -0.05) is 133 Å². The molecule has 0 saturated carbocycles. The second-order valence-electron chi connectivity index (χ2n) is 13.7. The lowest BCUT2D eigenvalue weighted by atomic mass is 9.89. The van der Waals surface area contributed by atoms with Crippen molar-refractivity contribution in [3.8, 4) is 22.3 Å². The molecule has 0 atom stereocenters. The molecule has 0 spiro atoms. The Hall–Kier alpha value is -6.64. The van der Waals surface area contributed by atoms with Crippen molar-refractivity contribution in [3.63, 3.8) is 0 Å². The third kappa shape index (κ3) is 5.28. The number of hydrogen-bond donors (Lipinski definition) is 0. The molecule has 0 fully saturated rings. The minimum Gasteiger partial charge on any atom is -0.456 e.